The Kier molecular flexibility index (Phi) is 6.22. The number of halogens is 1. The van der Waals surface area contributed by atoms with E-state index in [4.69, 9.17) is 0 Å². The molecule has 0 fully saturated rings. The molecule has 2 rings (SSSR count). The van der Waals surface area contributed by atoms with Crippen LogP contribution in [0.15, 0.2) is 46.3 Å². The molecule has 0 saturated carbocycles. The summed E-state index contributed by atoms with van der Waals surface area (Å²) in [5.74, 6) is -0.191. The third kappa shape index (κ3) is 4.83. The second-order valence-electron chi connectivity index (χ2n) is 5.60. The number of hydrogen-bond donors (Lipinski definition) is 0. The van der Waals surface area contributed by atoms with Crippen LogP contribution in [0.4, 0.5) is 10.1 Å². The van der Waals surface area contributed by atoms with E-state index in [0.717, 1.165) is 22.7 Å². The summed E-state index contributed by atoms with van der Waals surface area (Å²) in [6.45, 7) is 5.08. The van der Waals surface area contributed by atoms with Crippen LogP contribution in [0.5, 0.6) is 0 Å². The molecular weight excluding hydrogens is 307 g/mol. The standard InChI is InChI=1S/C19H23FN2S/c1-5-22(3)13-21-18-10-14(2)9-16(19(18)23-4)11-15-7-6-8-17(20)12-15/h6-10,12-13H,5,11H2,1-4H3. The van der Waals surface area contributed by atoms with Crippen LogP contribution in [0.1, 0.15) is 23.6 Å². The van der Waals surface area contributed by atoms with Crippen molar-refractivity contribution in [3.8, 4) is 0 Å². The first-order chi connectivity index (χ1) is 11.0. The number of rotatable bonds is 6. The van der Waals surface area contributed by atoms with E-state index in [1.165, 1.54) is 17.2 Å². The Morgan fingerprint density at radius 3 is 2.70 bits per heavy atom. The molecule has 0 bridgehead atoms. The molecule has 0 atom stereocenters. The second kappa shape index (κ2) is 8.16. The molecule has 0 spiro atoms. The van der Waals surface area contributed by atoms with Crippen LogP contribution in [0.2, 0.25) is 0 Å². The van der Waals surface area contributed by atoms with Gasteiger partial charge < -0.3 is 4.90 Å². The van der Waals surface area contributed by atoms with Crippen LogP contribution in [0.3, 0.4) is 0 Å². The van der Waals surface area contributed by atoms with Crippen LogP contribution < -0.4 is 0 Å². The molecule has 2 nitrogen and oxygen atoms in total. The first kappa shape index (κ1) is 17.5. The minimum absolute atomic E-state index is 0.191. The first-order valence-corrected chi connectivity index (χ1v) is 8.92. The molecule has 122 valence electrons. The fraction of sp³-hybridized carbons (Fsp3) is 0.316. The van der Waals surface area contributed by atoms with Crippen LogP contribution >= 0.6 is 11.8 Å². The van der Waals surface area contributed by atoms with Crippen molar-refractivity contribution in [2.24, 2.45) is 4.99 Å². The maximum absolute atomic E-state index is 13.4. The van der Waals surface area contributed by atoms with Gasteiger partial charge in [0.05, 0.1) is 12.0 Å². The Bertz CT molecular complexity index is 698. The fourth-order valence-corrected chi connectivity index (χ4v) is 3.11. The van der Waals surface area contributed by atoms with Gasteiger partial charge in [-0.3, -0.25) is 0 Å². The molecule has 0 aromatic heterocycles. The van der Waals surface area contributed by atoms with Gasteiger partial charge in [0.15, 0.2) is 0 Å². The molecule has 2 aromatic carbocycles. The van der Waals surface area contributed by atoms with Gasteiger partial charge in [0.1, 0.15) is 5.82 Å². The van der Waals surface area contributed by atoms with Gasteiger partial charge in [-0.05, 0) is 61.4 Å². The van der Waals surface area contributed by atoms with Gasteiger partial charge >= 0.3 is 0 Å². The molecule has 0 heterocycles. The highest BCUT2D eigenvalue weighted by molar-refractivity contribution is 7.98. The van der Waals surface area contributed by atoms with Gasteiger partial charge in [0.2, 0.25) is 0 Å². The number of thioether (sulfide) groups is 1. The molecule has 0 saturated heterocycles. The van der Waals surface area contributed by atoms with Crippen LogP contribution in [0, 0.1) is 12.7 Å². The molecular formula is C19H23FN2S. The van der Waals surface area contributed by atoms with Crippen molar-refractivity contribution in [3.05, 3.63) is 58.9 Å². The smallest absolute Gasteiger partial charge is 0.123 e. The maximum Gasteiger partial charge on any atom is 0.123 e. The second-order valence-corrected chi connectivity index (χ2v) is 6.42. The average Bonchev–Trinajstić information content (AvgIpc) is 2.52. The molecule has 2 aromatic rings. The maximum atomic E-state index is 13.4. The summed E-state index contributed by atoms with van der Waals surface area (Å²) in [6.07, 6.45) is 4.63. The highest BCUT2D eigenvalue weighted by atomic mass is 32.2. The lowest BCUT2D eigenvalue weighted by atomic mass is 10.0. The van der Waals surface area contributed by atoms with E-state index in [2.05, 4.69) is 37.2 Å². The summed E-state index contributed by atoms with van der Waals surface area (Å²) in [5, 5.41) is 0. The van der Waals surface area contributed by atoms with E-state index in [-0.39, 0.29) is 5.82 Å². The lowest BCUT2D eigenvalue weighted by Gasteiger charge is -2.14. The van der Waals surface area contributed by atoms with Gasteiger partial charge in [-0.1, -0.05) is 18.2 Å². The van der Waals surface area contributed by atoms with Crippen molar-refractivity contribution in [3.63, 3.8) is 0 Å². The quantitative estimate of drug-likeness (QED) is 0.418. The molecule has 0 unspecified atom stereocenters. The molecule has 0 aliphatic rings. The van der Waals surface area contributed by atoms with Crippen molar-refractivity contribution in [1.82, 2.24) is 4.90 Å². The Morgan fingerprint density at radius 2 is 2.04 bits per heavy atom. The largest absolute Gasteiger partial charge is 0.366 e. The van der Waals surface area contributed by atoms with Gasteiger partial charge in [-0.2, -0.15) is 0 Å². The van der Waals surface area contributed by atoms with Gasteiger partial charge in [-0.25, -0.2) is 9.38 Å². The van der Waals surface area contributed by atoms with E-state index >= 15 is 0 Å². The van der Waals surface area contributed by atoms with E-state index in [1.807, 2.05) is 24.4 Å². The molecule has 23 heavy (non-hydrogen) atoms. The van der Waals surface area contributed by atoms with Crippen LogP contribution in [0.25, 0.3) is 0 Å². The Labute approximate surface area is 142 Å². The van der Waals surface area contributed by atoms with E-state index in [9.17, 15) is 4.39 Å². The van der Waals surface area contributed by atoms with Gasteiger partial charge in [0.25, 0.3) is 0 Å². The summed E-state index contributed by atoms with van der Waals surface area (Å²) in [4.78, 5) is 7.83. The van der Waals surface area contributed by atoms with Crippen LogP contribution in [-0.4, -0.2) is 31.1 Å². The molecule has 0 radical (unpaired) electrons. The zero-order chi connectivity index (χ0) is 16.8. The fourth-order valence-electron chi connectivity index (χ4n) is 2.40. The van der Waals surface area contributed by atoms with Crippen molar-refractivity contribution in [1.29, 1.82) is 0 Å². The van der Waals surface area contributed by atoms with Crippen molar-refractivity contribution in [2.75, 3.05) is 19.8 Å². The number of aliphatic imine (C=N–C) groups is 1. The monoisotopic (exact) mass is 330 g/mol. The molecule has 0 N–H and O–H groups in total. The summed E-state index contributed by atoms with van der Waals surface area (Å²) < 4.78 is 13.4. The van der Waals surface area contributed by atoms with Gasteiger partial charge in [-0.15, -0.1) is 11.8 Å². The van der Waals surface area contributed by atoms with E-state index < -0.39 is 0 Å². The number of aryl methyl sites for hydroxylation is 1. The van der Waals surface area contributed by atoms with E-state index in [1.54, 1.807) is 23.9 Å². The Hall–Kier alpha value is -1.81. The first-order valence-electron chi connectivity index (χ1n) is 7.70. The number of hydrogen-bond acceptors (Lipinski definition) is 2. The predicted molar refractivity (Wildman–Crippen MR) is 98.6 cm³/mol. The lowest BCUT2D eigenvalue weighted by molar-refractivity contribution is 0.552. The summed E-state index contributed by atoms with van der Waals surface area (Å²) in [6, 6.07) is 11.1. The molecule has 0 amide bonds. The zero-order valence-electron chi connectivity index (χ0n) is 14.1. The van der Waals surface area contributed by atoms with Crippen LogP contribution in [-0.2, 0) is 6.42 Å². The van der Waals surface area contributed by atoms with Crippen molar-refractivity contribution in [2.45, 2.75) is 25.2 Å². The number of nitrogens with zero attached hydrogens (tertiary/aromatic N) is 2. The van der Waals surface area contributed by atoms with Crippen molar-refractivity contribution >= 4 is 23.8 Å². The third-order valence-corrected chi connectivity index (χ3v) is 4.55. The molecule has 4 heteroatoms. The lowest BCUT2D eigenvalue weighted by Crippen LogP contribution is -2.14. The molecule has 0 aliphatic heterocycles. The zero-order valence-corrected chi connectivity index (χ0v) is 15.0. The topological polar surface area (TPSA) is 15.6 Å². The summed E-state index contributed by atoms with van der Waals surface area (Å²) in [5.41, 5.74) is 4.31. The highest BCUT2D eigenvalue weighted by Gasteiger charge is 2.10. The number of benzene rings is 2. The minimum Gasteiger partial charge on any atom is -0.366 e. The third-order valence-electron chi connectivity index (χ3n) is 3.67. The van der Waals surface area contributed by atoms with E-state index in [0.29, 0.717) is 6.42 Å². The highest BCUT2D eigenvalue weighted by Crippen LogP contribution is 2.34. The van der Waals surface area contributed by atoms with Crippen molar-refractivity contribution < 1.29 is 4.39 Å². The van der Waals surface area contributed by atoms with Gasteiger partial charge in [0, 0.05) is 18.5 Å². The summed E-state index contributed by atoms with van der Waals surface area (Å²) in [7, 11) is 2.01. The molecule has 0 aliphatic carbocycles. The normalized spacial score (nSPS) is 11.2. The average molecular weight is 330 g/mol. The Balaban J connectivity index is 2.39. The Morgan fingerprint density at radius 1 is 1.26 bits per heavy atom. The SMILES string of the molecule is CCN(C)C=Nc1cc(C)cc(Cc2cccc(F)c2)c1SC. The summed E-state index contributed by atoms with van der Waals surface area (Å²) >= 11 is 1.69. The predicted octanol–water partition coefficient (Wildman–Crippen LogP) is 5.06. The minimum atomic E-state index is -0.191.